The lowest BCUT2D eigenvalue weighted by molar-refractivity contribution is -0.140. The number of ether oxygens (including phenoxy) is 1. The van der Waals surface area contributed by atoms with Gasteiger partial charge < -0.3 is 15.4 Å². The molecule has 1 aromatic rings. The van der Waals surface area contributed by atoms with Crippen LogP contribution in [0.1, 0.15) is 28.8 Å². The number of rotatable bonds is 8. The van der Waals surface area contributed by atoms with Gasteiger partial charge in [-0.25, -0.2) is 0 Å². The third-order valence-corrected chi connectivity index (χ3v) is 2.98. The molecule has 0 aliphatic carbocycles. The third kappa shape index (κ3) is 5.40. The second-order valence-corrected chi connectivity index (χ2v) is 4.45. The number of amides is 1. The van der Waals surface area contributed by atoms with Gasteiger partial charge in [0.15, 0.2) is 0 Å². The van der Waals surface area contributed by atoms with Crippen LogP contribution in [-0.2, 0) is 16.0 Å². The second kappa shape index (κ2) is 9.09. The Kier molecular flexibility index (Phi) is 7.35. The van der Waals surface area contributed by atoms with Gasteiger partial charge in [-0.15, -0.1) is 0 Å². The van der Waals surface area contributed by atoms with Crippen LogP contribution in [0.25, 0.3) is 0 Å². The number of likely N-dealkylation sites (N-methyl/N-ethyl adjacent to an activating group) is 1. The molecule has 1 amide bonds. The Balaban J connectivity index is 2.48. The fourth-order valence-electron chi connectivity index (χ4n) is 1.85. The summed E-state index contributed by atoms with van der Waals surface area (Å²) in [4.78, 5) is 23.1. The van der Waals surface area contributed by atoms with E-state index >= 15 is 0 Å². The quantitative estimate of drug-likeness (QED) is 0.552. The van der Waals surface area contributed by atoms with Crippen molar-refractivity contribution in [2.24, 2.45) is 0 Å². The van der Waals surface area contributed by atoms with Crippen molar-refractivity contribution in [2.75, 3.05) is 27.2 Å². The molecule has 5 heteroatoms. The molecule has 0 saturated carbocycles. The molecule has 0 saturated heterocycles. The first kappa shape index (κ1) is 16.2. The van der Waals surface area contributed by atoms with Crippen molar-refractivity contribution in [1.29, 1.82) is 0 Å². The standard InChI is InChI=1S/C15H22N2O3/c1-16-11-9-12-6-3-4-7-13(12)15(19)17-10-5-8-14(18)20-2/h3-4,6-7,16H,5,8-11H2,1-2H3,(H,17,19). The summed E-state index contributed by atoms with van der Waals surface area (Å²) in [6.07, 6.45) is 1.71. The van der Waals surface area contributed by atoms with E-state index in [1.165, 1.54) is 7.11 Å². The number of nitrogens with one attached hydrogen (secondary N) is 2. The lowest BCUT2D eigenvalue weighted by Crippen LogP contribution is -2.26. The predicted molar refractivity (Wildman–Crippen MR) is 77.7 cm³/mol. The molecule has 5 nitrogen and oxygen atoms in total. The molecule has 0 bridgehead atoms. The van der Waals surface area contributed by atoms with Crippen LogP contribution in [0.5, 0.6) is 0 Å². The van der Waals surface area contributed by atoms with Crippen molar-refractivity contribution >= 4 is 11.9 Å². The van der Waals surface area contributed by atoms with Crippen molar-refractivity contribution in [1.82, 2.24) is 10.6 Å². The molecule has 0 atom stereocenters. The topological polar surface area (TPSA) is 67.4 Å². The van der Waals surface area contributed by atoms with E-state index in [2.05, 4.69) is 15.4 Å². The summed E-state index contributed by atoms with van der Waals surface area (Å²) in [5.74, 6) is -0.352. The van der Waals surface area contributed by atoms with Crippen molar-refractivity contribution in [3.05, 3.63) is 35.4 Å². The normalized spacial score (nSPS) is 10.1. The first-order valence-corrected chi connectivity index (χ1v) is 6.76. The van der Waals surface area contributed by atoms with Crippen LogP contribution in [0.4, 0.5) is 0 Å². The molecule has 0 unspecified atom stereocenters. The van der Waals surface area contributed by atoms with E-state index in [1.807, 2.05) is 31.3 Å². The zero-order chi connectivity index (χ0) is 14.8. The highest BCUT2D eigenvalue weighted by Gasteiger charge is 2.10. The van der Waals surface area contributed by atoms with E-state index in [0.29, 0.717) is 24.9 Å². The van der Waals surface area contributed by atoms with Gasteiger partial charge >= 0.3 is 5.97 Å². The number of esters is 1. The highest BCUT2D eigenvalue weighted by Crippen LogP contribution is 2.09. The zero-order valence-corrected chi connectivity index (χ0v) is 12.1. The van der Waals surface area contributed by atoms with E-state index in [-0.39, 0.29) is 11.9 Å². The number of benzene rings is 1. The lowest BCUT2D eigenvalue weighted by Gasteiger charge is -2.10. The predicted octanol–water partition coefficient (Wildman–Crippen LogP) is 1.13. The summed E-state index contributed by atoms with van der Waals surface area (Å²) < 4.78 is 4.55. The van der Waals surface area contributed by atoms with Crippen LogP contribution in [-0.4, -0.2) is 39.1 Å². The van der Waals surface area contributed by atoms with Crippen LogP contribution >= 0.6 is 0 Å². The Bertz CT molecular complexity index is 446. The fraction of sp³-hybridized carbons (Fsp3) is 0.467. The Morgan fingerprint density at radius 1 is 1.20 bits per heavy atom. The van der Waals surface area contributed by atoms with E-state index in [4.69, 9.17) is 0 Å². The number of hydrogen-bond acceptors (Lipinski definition) is 4. The monoisotopic (exact) mass is 278 g/mol. The number of hydrogen-bond donors (Lipinski definition) is 2. The lowest BCUT2D eigenvalue weighted by atomic mass is 10.0. The highest BCUT2D eigenvalue weighted by atomic mass is 16.5. The van der Waals surface area contributed by atoms with Crippen molar-refractivity contribution < 1.29 is 14.3 Å². The number of methoxy groups -OCH3 is 1. The van der Waals surface area contributed by atoms with Gasteiger partial charge in [-0.2, -0.15) is 0 Å². The largest absolute Gasteiger partial charge is 0.469 e. The van der Waals surface area contributed by atoms with Crippen molar-refractivity contribution in [3.63, 3.8) is 0 Å². The fourth-order valence-corrected chi connectivity index (χ4v) is 1.85. The van der Waals surface area contributed by atoms with Crippen molar-refractivity contribution in [2.45, 2.75) is 19.3 Å². The van der Waals surface area contributed by atoms with E-state index < -0.39 is 0 Å². The smallest absolute Gasteiger partial charge is 0.305 e. The van der Waals surface area contributed by atoms with Gasteiger partial charge in [0.05, 0.1) is 7.11 Å². The highest BCUT2D eigenvalue weighted by molar-refractivity contribution is 5.95. The van der Waals surface area contributed by atoms with Crippen LogP contribution < -0.4 is 10.6 Å². The molecule has 0 radical (unpaired) electrons. The minimum absolute atomic E-state index is 0.0958. The molecule has 0 aliphatic rings. The maximum absolute atomic E-state index is 12.1. The molecule has 0 heterocycles. The molecule has 0 aromatic heterocycles. The Morgan fingerprint density at radius 2 is 1.95 bits per heavy atom. The summed E-state index contributed by atoms with van der Waals surface area (Å²) in [5.41, 5.74) is 1.72. The molecule has 1 aromatic carbocycles. The molecule has 0 fully saturated rings. The van der Waals surface area contributed by atoms with Crippen LogP contribution in [0.3, 0.4) is 0 Å². The van der Waals surface area contributed by atoms with Crippen LogP contribution in [0.2, 0.25) is 0 Å². The van der Waals surface area contributed by atoms with Gasteiger partial charge in [0.1, 0.15) is 0 Å². The first-order valence-electron chi connectivity index (χ1n) is 6.76. The van der Waals surface area contributed by atoms with Crippen LogP contribution in [0.15, 0.2) is 24.3 Å². The summed E-state index contributed by atoms with van der Waals surface area (Å²) >= 11 is 0. The Labute approximate surface area is 119 Å². The minimum atomic E-state index is -0.256. The number of carbonyl (C=O) groups excluding carboxylic acids is 2. The van der Waals surface area contributed by atoms with Crippen LogP contribution in [0, 0.1) is 0 Å². The molecule has 110 valence electrons. The van der Waals surface area contributed by atoms with Gasteiger partial charge in [-0.3, -0.25) is 9.59 Å². The minimum Gasteiger partial charge on any atom is -0.469 e. The average Bonchev–Trinajstić information content (AvgIpc) is 2.49. The average molecular weight is 278 g/mol. The molecule has 0 aliphatic heterocycles. The molecular formula is C15H22N2O3. The molecular weight excluding hydrogens is 256 g/mol. The molecule has 1 rings (SSSR count). The molecule has 2 N–H and O–H groups in total. The summed E-state index contributed by atoms with van der Waals surface area (Å²) in [5, 5.41) is 5.90. The van der Waals surface area contributed by atoms with Gasteiger partial charge in [0.25, 0.3) is 5.91 Å². The Morgan fingerprint density at radius 3 is 2.65 bits per heavy atom. The second-order valence-electron chi connectivity index (χ2n) is 4.45. The van der Waals surface area contributed by atoms with E-state index in [0.717, 1.165) is 18.5 Å². The van der Waals surface area contributed by atoms with Crippen molar-refractivity contribution in [3.8, 4) is 0 Å². The maximum Gasteiger partial charge on any atom is 0.305 e. The van der Waals surface area contributed by atoms with Gasteiger partial charge in [0, 0.05) is 18.5 Å². The SMILES string of the molecule is CNCCc1ccccc1C(=O)NCCCC(=O)OC. The maximum atomic E-state index is 12.1. The van der Waals surface area contributed by atoms with Gasteiger partial charge in [0.2, 0.25) is 0 Å². The number of carbonyl (C=O) groups is 2. The van der Waals surface area contributed by atoms with E-state index in [1.54, 1.807) is 0 Å². The van der Waals surface area contributed by atoms with E-state index in [9.17, 15) is 9.59 Å². The van der Waals surface area contributed by atoms with Gasteiger partial charge in [-0.1, -0.05) is 18.2 Å². The zero-order valence-electron chi connectivity index (χ0n) is 12.1. The third-order valence-electron chi connectivity index (χ3n) is 2.98. The Hall–Kier alpha value is -1.88. The summed E-state index contributed by atoms with van der Waals surface area (Å²) in [6, 6.07) is 7.56. The molecule has 20 heavy (non-hydrogen) atoms. The summed E-state index contributed by atoms with van der Waals surface area (Å²) in [6.45, 7) is 1.29. The van der Waals surface area contributed by atoms with Gasteiger partial charge in [-0.05, 0) is 38.1 Å². The summed E-state index contributed by atoms with van der Waals surface area (Å²) in [7, 11) is 3.24. The first-order chi connectivity index (χ1) is 9.69. The molecule has 0 spiro atoms.